The molecule has 2 amide bonds. The number of carboxylic acid groups (broad SMARTS) is 1. The summed E-state index contributed by atoms with van der Waals surface area (Å²) in [5.74, 6) is -1.75. The van der Waals surface area contributed by atoms with E-state index < -0.39 is 11.4 Å². The molecule has 1 N–H and O–H groups in total. The minimum atomic E-state index is -0.997. The number of carboxylic acids is 1. The van der Waals surface area contributed by atoms with Crippen LogP contribution in [0.4, 0.5) is 0 Å². The molecule has 0 saturated carbocycles. The number of amides is 2. The summed E-state index contributed by atoms with van der Waals surface area (Å²) in [6.07, 6.45) is 4.78. The first-order chi connectivity index (χ1) is 7.97. The summed E-state index contributed by atoms with van der Waals surface area (Å²) in [7, 11) is 0. The predicted octanol–water partition coefficient (Wildman–Crippen LogP) is 0.802. The number of hydrogen-bond donors (Lipinski definition) is 1. The molecule has 0 spiro atoms. The summed E-state index contributed by atoms with van der Waals surface area (Å²) in [5, 5.41) is 8.61. The third kappa shape index (κ3) is 1.75. The molecule has 1 saturated heterocycles. The lowest BCUT2D eigenvalue weighted by Gasteiger charge is -2.27. The van der Waals surface area contributed by atoms with Crippen molar-refractivity contribution in [3.05, 3.63) is 12.2 Å². The van der Waals surface area contributed by atoms with Gasteiger partial charge in [0, 0.05) is 6.54 Å². The SMILES string of the molecule is CC12CC=CCC1C(=O)N(CCC(=O)O)C2=O. The largest absolute Gasteiger partial charge is 0.481 e. The van der Waals surface area contributed by atoms with Gasteiger partial charge in [0.05, 0.1) is 17.8 Å². The van der Waals surface area contributed by atoms with E-state index in [0.29, 0.717) is 12.8 Å². The second kappa shape index (κ2) is 3.98. The van der Waals surface area contributed by atoms with Crippen molar-refractivity contribution in [1.29, 1.82) is 0 Å². The molecule has 1 aliphatic heterocycles. The highest BCUT2D eigenvalue weighted by Crippen LogP contribution is 2.45. The first-order valence-electron chi connectivity index (χ1n) is 5.69. The normalized spacial score (nSPS) is 31.8. The van der Waals surface area contributed by atoms with Crippen molar-refractivity contribution < 1.29 is 19.5 Å². The third-order valence-corrected chi connectivity index (χ3v) is 3.70. The lowest BCUT2D eigenvalue weighted by Crippen LogP contribution is -2.36. The van der Waals surface area contributed by atoms with Gasteiger partial charge in [0.2, 0.25) is 11.8 Å². The highest BCUT2D eigenvalue weighted by Gasteiger charge is 2.55. The predicted molar refractivity (Wildman–Crippen MR) is 58.9 cm³/mol. The van der Waals surface area contributed by atoms with E-state index in [9.17, 15) is 14.4 Å². The quantitative estimate of drug-likeness (QED) is 0.582. The summed E-state index contributed by atoms with van der Waals surface area (Å²) >= 11 is 0. The molecule has 5 heteroatoms. The average molecular weight is 237 g/mol. The molecule has 0 aromatic rings. The Morgan fingerprint density at radius 3 is 2.82 bits per heavy atom. The molecule has 0 bridgehead atoms. The molecular weight excluding hydrogens is 222 g/mol. The number of rotatable bonds is 3. The molecule has 2 aliphatic rings. The van der Waals surface area contributed by atoms with Crippen LogP contribution in [0.15, 0.2) is 12.2 Å². The Balaban J connectivity index is 2.19. The number of allylic oxidation sites excluding steroid dienone is 2. The molecule has 0 radical (unpaired) electrons. The van der Waals surface area contributed by atoms with Gasteiger partial charge < -0.3 is 5.11 Å². The Labute approximate surface area is 99.1 Å². The number of nitrogens with zero attached hydrogens (tertiary/aromatic N) is 1. The van der Waals surface area contributed by atoms with Gasteiger partial charge in [0.15, 0.2) is 0 Å². The Morgan fingerprint density at radius 1 is 1.53 bits per heavy atom. The van der Waals surface area contributed by atoms with Crippen LogP contribution in [0.5, 0.6) is 0 Å². The number of hydrogen-bond acceptors (Lipinski definition) is 3. The van der Waals surface area contributed by atoms with E-state index in [4.69, 9.17) is 5.11 Å². The smallest absolute Gasteiger partial charge is 0.305 e. The average Bonchev–Trinajstić information content (AvgIpc) is 2.46. The maximum absolute atomic E-state index is 12.2. The highest BCUT2D eigenvalue weighted by molar-refractivity contribution is 6.07. The molecule has 92 valence electrons. The Hall–Kier alpha value is -1.65. The van der Waals surface area contributed by atoms with E-state index in [2.05, 4.69) is 0 Å². The first-order valence-corrected chi connectivity index (χ1v) is 5.69. The zero-order chi connectivity index (χ0) is 12.6. The summed E-state index contributed by atoms with van der Waals surface area (Å²) in [5.41, 5.74) is -0.662. The number of aliphatic carboxylic acids is 1. The van der Waals surface area contributed by atoms with Crippen molar-refractivity contribution in [3.63, 3.8) is 0 Å². The zero-order valence-electron chi connectivity index (χ0n) is 9.68. The topological polar surface area (TPSA) is 74.7 Å². The standard InChI is InChI=1S/C12H15NO4/c1-12-6-3-2-4-8(12)10(16)13(11(12)17)7-5-9(14)15/h2-3,8H,4-7H2,1H3,(H,14,15). The molecule has 5 nitrogen and oxygen atoms in total. The van der Waals surface area contributed by atoms with E-state index in [0.717, 1.165) is 4.90 Å². The molecule has 17 heavy (non-hydrogen) atoms. The number of fused-ring (bicyclic) bond motifs is 1. The molecule has 2 rings (SSSR count). The maximum Gasteiger partial charge on any atom is 0.305 e. The van der Waals surface area contributed by atoms with Gasteiger partial charge in [0.25, 0.3) is 0 Å². The summed E-state index contributed by atoms with van der Waals surface area (Å²) in [4.78, 5) is 35.8. The summed E-state index contributed by atoms with van der Waals surface area (Å²) < 4.78 is 0. The maximum atomic E-state index is 12.2. The molecule has 2 atom stereocenters. The van der Waals surface area contributed by atoms with E-state index >= 15 is 0 Å². The van der Waals surface area contributed by atoms with Crippen LogP contribution in [-0.4, -0.2) is 34.3 Å². The Kier molecular flexibility index (Phi) is 2.77. The first kappa shape index (κ1) is 11.8. The zero-order valence-corrected chi connectivity index (χ0v) is 9.68. The van der Waals surface area contributed by atoms with Crippen molar-refractivity contribution in [2.45, 2.75) is 26.2 Å². The van der Waals surface area contributed by atoms with Gasteiger partial charge in [-0.05, 0) is 19.8 Å². The second-order valence-corrected chi connectivity index (χ2v) is 4.82. The Bertz CT molecular complexity index is 415. The second-order valence-electron chi connectivity index (χ2n) is 4.82. The van der Waals surface area contributed by atoms with Crippen molar-refractivity contribution >= 4 is 17.8 Å². The van der Waals surface area contributed by atoms with Gasteiger partial charge in [-0.3, -0.25) is 19.3 Å². The van der Waals surface area contributed by atoms with Gasteiger partial charge in [-0.25, -0.2) is 0 Å². The number of likely N-dealkylation sites (tertiary alicyclic amines) is 1. The van der Waals surface area contributed by atoms with Crippen LogP contribution in [-0.2, 0) is 14.4 Å². The fourth-order valence-corrected chi connectivity index (χ4v) is 2.59. The van der Waals surface area contributed by atoms with E-state index in [1.807, 2.05) is 12.2 Å². The molecule has 0 aromatic carbocycles. The number of carbonyl (C=O) groups is 3. The molecule has 1 heterocycles. The van der Waals surface area contributed by atoms with E-state index in [1.165, 1.54) is 0 Å². The van der Waals surface area contributed by atoms with E-state index in [1.54, 1.807) is 6.92 Å². The van der Waals surface area contributed by atoms with Crippen molar-refractivity contribution in [2.24, 2.45) is 11.3 Å². The van der Waals surface area contributed by atoms with Crippen LogP contribution in [0.1, 0.15) is 26.2 Å². The van der Waals surface area contributed by atoms with Crippen molar-refractivity contribution in [2.75, 3.05) is 6.54 Å². The number of carbonyl (C=O) groups excluding carboxylic acids is 2. The Morgan fingerprint density at radius 2 is 2.24 bits per heavy atom. The number of imide groups is 1. The van der Waals surface area contributed by atoms with Crippen LogP contribution in [0, 0.1) is 11.3 Å². The van der Waals surface area contributed by atoms with Gasteiger partial charge in [-0.2, -0.15) is 0 Å². The van der Waals surface area contributed by atoms with Crippen LogP contribution in [0.3, 0.4) is 0 Å². The van der Waals surface area contributed by atoms with Gasteiger partial charge in [-0.15, -0.1) is 0 Å². The fraction of sp³-hybridized carbons (Fsp3) is 0.583. The van der Waals surface area contributed by atoms with Crippen LogP contribution in [0.2, 0.25) is 0 Å². The summed E-state index contributed by atoms with van der Waals surface area (Å²) in [6.45, 7) is 1.78. The van der Waals surface area contributed by atoms with Crippen LogP contribution < -0.4 is 0 Å². The monoisotopic (exact) mass is 237 g/mol. The molecule has 1 aliphatic carbocycles. The lowest BCUT2D eigenvalue weighted by atomic mass is 9.72. The minimum Gasteiger partial charge on any atom is -0.481 e. The van der Waals surface area contributed by atoms with Crippen LogP contribution >= 0.6 is 0 Å². The van der Waals surface area contributed by atoms with Gasteiger partial charge >= 0.3 is 5.97 Å². The van der Waals surface area contributed by atoms with Gasteiger partial charge in [0.1, 0.15) is 0 Å². The van der Waals surface area contributed by atoms with Crippen molar-refractivity contribution in [1.82, 2.24) is 4.90 Å². The lowest BCUT2D eigenvalue weighted by molar-refractivity contribution is -0.142. The van der Waals surface area contributed by atoms with Crippen LogP contribution in [0.25, 0.3) is 0 Å². The third-order valence-electron chi connectivity index (χ3n) is 3.70. The molecule has 0 aromatic heterocycles. The molecule has 1 fully saturated rings. The fourth-order valence-electron chi connectivity index (χ4n) is 2.59. The minimum absolute atomic E-state index is 0.0148. The van der Waals surface area contributed by atoms with Gasteiger partial charge in [-0.1, -0.05) is 12.2 Å². The van der Waals surface area contributed by atoms with E-state index in [-0.39, 0.29) is 30.7 Å². The summed E-state index contributed by atoms with van der Waals surface area (Å²) in [6, 6.07) is 0. The highest BCUT2D eigenvalue weighted by atomic mass is 16.4. The molecular formula is C12H15NO4. The molecule has 2 unspecified atom stereocenters. The van der Waals surface area contributed by atoms with Crippen molar-refractivity contribution in [3.8, 4) is 0 Å².